The number of aromatic nitrogens is 1. The van der Waals surface area contributed by atoms with Gasteiger partial charge in [0.15, 0.2) is 6.61 Å². The molecule has 0 bridgehead atoms. The van der Waals surface area contributed by atoms with E-state index in [0.29, 0.717) is 19.8 Å². The molecular formula is C18H24F2N2O4. The van der Waals surface area contributed by atoms with E-state index in [1.165, 1.54) is 18.3 Å². The van der Waals surface area contributed by atoms with Gasteiger partial charge in [-0.25, -0.2) is 13.8 Å². The number of aliphatic hydroxyl groups is 1. The van der Waals surface area contributed by atoms with E-state index < -0.39 is 19.1 Å². The molecule has 0 unspecified atom stereocenters. The van der Waals surface area contributed by atoms with Crippen molar-refractivity contribution < 1.29 is 28.2 Å². The lowest BCUT2D eigenvalue weighted by Crippen LogP contribution is -2.41. The zero-order valence-corrected chi connectivity index (χ0v) is 14.5. The van der Waals surface area contributed by atoms with Gasteiger partial charge in [0.05, 0.1) is 6.10 Å². The van der Waals surface area contributed by atoms with Crippen LogP contribution in [0.25, 0.3) is 0 Å². The van der Waals surface area contributed by atoms with Crippen molar-refractivity contribution in [2.45, 2.75) is 38.2 Å². The van der Waals surface area contributed by atoms with Crippen molar-refractivity contribution in [1.82, 2.24) is 10.3 Å². The lowest BCUT2D eigenvalue weighted by Gasteiger charge is -2.37. The second-order valence-electron chi connectivity index (χ2n) is 7.01. The Morgan fingerprint density at radius 1 is 1.42 bits per heavy atom. The van der Waals surface area contributed by atoms with E-state index in [0.717, 1.165) is 25.7 Å². The fourth-order valence-corrected chi connectivity index (χ4v) is 3.92. The van der Waals surface area contributed by atoms with Crippen molar-refractivity contribution in [2.75, 3.05) is 26.4 Å². The van der Waals surface area contributed by atoms with Gasteiger partial charge >= 0.3 is 0 Å². The molecule has 144 valence electrons. The average molecular weight is 370 g/mol. The fraction of sp³-hybridized carbons (Fsp3) is 0.667. The maximum atomic E-state index is 12.3. The highest BCUT2D eigenvalue weighted by Crippen LogP contribution is 2.48. The van der Waals surface area contributed by atoms with E-state index in [-0.39, 0.29) is 28.7 Å². The molecule has 1 aliphatic heterocycles. The highest BCUT2D eigenvalue weighted by atomic mass is 19.3. The van der Waals surface area contributed by atoms with Crippen LogP contribution in [0.2, 0.25) is 0 Å². The van der Waals surface area contributed by atoms with Gasteiger partial charge in [-0.3, -0.25) is 4.79 Å². The van der Waals surface area contributed by atoms with Crippen LogP contribution in [0.5, 0.6) is 5.88 Å². The molecule has 1 spiro atoms. The molecule has 2 N–H and O–H groups in total. The predicted octanol–water partition coefficient (Wildman–Crippen LogP) is 2.02. The van der Waals surface area contributed by atoms with Gasteiger partial charge in [-0.05, 0) is 31.7 Å². The molecule has 2 aliphatic rings. The van der Waals surface area contributed by atoms with E-state index in [4.69, 9.17) is 9.47 Å². The maximum absolute atomic E-state index is 12.3. The molecular weight excluding hydrogens is 346 g/mol. The quantitative estimate of drug-likeness (QED) is 0.801. The summed E-state index contributed by atoms with van der Waals surface area (Å²) in [6, 6.07) is 2.83. The Bertz CT molecular complexity index is 623. The summed E-state index contributed by atoms with van der Waals surface area (Å²) < 4.78 is 34.6. The van der Waals surface area contributed by atoms with Gasteiger partial charge < -0.3 is 19.9 Å². The highest BCUT2D eigenvalue weighted by Gasteiger charge is 2.48. The number of carbonyl (C=O) groups excluding carboxylic acids is 1. The number of hydrogen-bond donors (Lipinski definition) is 2. The fourth-order valence-electron chi connectivity index (χ4n) is 3.92. The number of rotatable bonds is 6. The van der Waals surface area contributed by atoms with Crippen LogP contribution in [-0.4, -0.2) is 54.9 Å². The highest BCUT2D eigenvalue weighted by molar-refractivity contribution is 5.94. The van der Waals surface area contributed by atoms with E-state index >= 15 is 0 Å². The van der Waals surface area contributed by atoms with E-state index in [1.54, 1.807) is 0 Å². The number of carbonyl (C=O) groups is 1. The number of aliphatic hydroxyl groups excluding tert-OH is 1. The van der Waals surface area contributed by atoms with Gasteiger partial charge in [0, 0.05) is 48.9 Å². The summed E-state index contributed by atoms with van der Waals surface area (Å²) in [5.41, 5.74) is 0.207. The Morgan fingerprint density at radius 3 is 2.92 bits per heavy atom. The number of hydrogen-bond acceptors (Lipinski definition) is 5. The van der Waals surface area contributed by atoms with Crippen molar-refractivity contribution in [3.63, 3.8) is 0 Å². The standard InChI is InChI=1S/C18H24F2N2O4/c19-14(20)11-26-15-9-12(2-6-21-15)17(24)22-10-13-1-3-18(16(13)23)4-7-25-8-5-18/h2,6,9,13-14,16,23H,1,3-5,7-8,10-11H2,(H,22,24)/t13-,16+/m0/s1. The summed E-state index contributed by atoms with van der Waals surface area (Å²) in [6.45, 7) is 0.958. The van der Waals surface area contributed by atoms with Crippen LogP contribution in [0, 0.1) is 11.3 Å². The first-order chi connectivity index (χ1) is 12.5. The summed E-state index contributed by atoms with van der Waals surface area (Å²) in [4.78, 5) is 16.1. The Hall–Kier alpha value is -1.80. The number of nitrogens with one attached hydrogen (secondary N) is 1. The van der Waals surface area contributed by atoms with Gasteiger partial charge in [-0.2, -0.15) is 0 Å². The molecule has 0 aromatic carbocycles. The first-order valence-electron chi connectivity index (χ1n) is 8.91. The van der Waals surface area contributed by atoms with Gasteiger partial charge in [0.1, 0.15) is 0 Å². The minimum absolute atomic E-state index is 0.00782. The molecule has 6 nitrogen and oxygen atoms in total. The Balaban J connectivity index is 1.53. The maximum Gasteiger partial charge on any atom is 0.272 e. The number of halogens is 2. The molecule has 26 heavy (non-hydrogen) atoms. The van der Waals surface area contributed by atoms with E-state index in [2.05, 4.69) is 10.3 Å². The lowest BCUT2D eigenvalue weighted by molar-refractivity contribution is -0.0555. The molecule has 2 heterocycles. The normalized spacial score (nSPS) is 24.8. The third-order valence-electron chi connectivity index (χ3n) is 5.45. The van der Waals surface area contributed by atoms with Crippen molar-refractivity contribution in [1.29, 1.82) is 0 Å². The predicted molar refractivity (Wildman–Crippen MR) is 89.3 cm³/mol. The second kappa shape index (κ2) is 8.26. The van der Waals surface area contributed by atoms with Crippen LogP contribution in [-0.2, 0) is 4.74 Å². The van der Waals surface area contributed by atoms with Crippen molar-refractivity contribution in [3.8, 4) is 5.88 Å². The third-order valence-corrected chi connectivity index (χ3v) is 5.45. The molecule has 0 radical (unpaired) electrons. The topological polar surface area (TPSA) is 80.7 Å². The molecule has 1 amide bonds. The van der Waals surface area contributed by atoms with E-state index in [1.807, 2.05) is 0 Å². The molecule has 1 aromatic heterocycles. The van der Waals surface area contributed by atoms with Crippen LogP contribution in [0.3, 0.4) is 0 Å². The molecule has 2 atom stereocenters. The summed E-state index contributed by atoms with van der Waals surface area (Å²) in [7, 11) is 0. The van der Waals surface area contributed by atoms with Crippen LogP contribution in [0.15, 0.2) is 18.3 Å². The van der Waals surface area contributed by atoms with Crippen molar-refractivity contribution >= 4 is 5.91 Å². The third kappa shape index (κ3) is 4.29. The number of amides is 1. The Kier molecular flexibility index (Phi) is 6.03. The summed E-state index contributed by atoms with van der Waals surface area (Å²) >= 11 is 0. The minimum Gasteiger partial charge on any atom is -0.472 e. The van der Waals surface area contributed by atoms with Crippen molar-refractivity contribution in [3.05, 3.63) is 23.9 Å². The lowest BCUT2D eigenvalue weighted by atomic mass is 9.76. The molecule has 1 aliphatic carbocycles. The zero-order chi connectivity index (χ0) is 18.6. The first-order valence-corrected chi connectivity index (χ1v) is 8.91. The number of pyridine rings is 1. The monoisotopic (exact) mass is 370 g/mol. The molecule has 3 rings (SSSR count). The average Bonchev–Trinajstić information content (AvgIpc) is 2.94. The van der Waals surface area contributed by atoms with Crippen LogP contribution in [0.1, 0.15) is 36.0 Å². The van der Waals surface area contributed by atoms with E-state index in [9.17, 15) is 18.7 Å². The van der Waals surface area contributed by atoms with Crippen LogP contribution in [0.4, 0.5) is 8.78 Å². The zero-order valence-electron chi connectivity index (χ0n) is 14.5. The molecule has 1 saturated carbocycles. The first kappa shape index (κ1) is 19.0. The van der Waals surface area contributed by atoms with Gasteiger partial charge in [-0.15, -0.1) is 0 Å². The SMILES string of the molecule is O=C(NC[C@@H]1CCC2(CCOCC2)[C@@H]1O)c1ccnc(OCC(F)F)c1. The van der Waals surface area contributed by atoms with Crippen LogP contribution < -0.4 is 10.1 Å². The van der Waals surface area contributed by atoms with Crippen LogP contribution >= 0.6 is 0 Å². The number of nitrogens with zero attached hydrogens (tertiary/aromatic N) is 1. The minimum atomic E-state index is -2.60. The summed E-state index contributed by atoms with van der Waals surface area (Å²) in [5, 5.41) is 13.5. The van der Waals surface area contributed by atoms with Gasteiger partial charge in [0.25, 0.3) is 12.3 Å². The largest absolute Gasteiger partial charge is 0.472 e. The molecule has 8 heteroatoms. The number of alkyl halides is 2. The van der Waals surface area contributed by atoms with Gasteiger partial charge in [0.2, 0.25) is 5.88 Å². The Morgan fingerprint density at radius 2 is 2.19 bits per heavy atom. The Labute approximate surface area is 150 Å². The summed E-state index contributed by atoms with van der Waals surface area (Å²) in [6.07, 6.45) is 1.81. The molecule has 1 aromatic rings. The molecule has 1 saturated heterocycles. The smallest absolute Gasteiger partial charge is 0.272 e. The molecule has 2 fully saturated rings. The van der Waals surface area contributed by atoms with Gasteiger partial charge in [-0.1, -0.05) is 0 Å². The summed E-state index contributed by atoms with van der Waals surface area (Å²) in [5.74, 6) is -0.345. The van der Waals surface area contributed by atoms with Crippen molar-refractivity contribution in [2.24, 2.45) is 11.3 Å². The second-order valence-corrected chi connectivity index (χ2v) is 7.01. The number of ether oxygens (including phenoxy) is 2.